The maximum atomic E-state index is 13.1. The molecule has 9 heteroatoms. The van der Waals surface area contributed by atoms with E-state index in [0.717, 1.165) is 30.2 Å². The molecule has 0 bridgehead atoms. The number of nitrogens with one attached hydrogen (secondary N) is 1. The van der Waals surface area contributed by atoms with Crippen molar-refractivity contribution in [3.05, 3.63) is 47.2 Å². The van der Waals surface area contributed by atoms with Gasteiger partial charge in [0.05, 0.1) is 17.2 Å². The van der Waals surface area contributed by atoms with Crippen LogP contribution >= 0.6 is 11.3 Å². The Balaban J connectivity index is 1.91. The van der Waals surface area contributed by atoms with Crippen LogP contribution in [0.25, 0.3) is 5.57 Å². The van der Waals surface area contributed by atoms with Gasteiger partial charge in [-0.15, -0.1) is 0 Å². The summed E-state index contributed by atoms with van der Waals surface area (Å²) in [6.45, 7) is 0. The number of aliphatic hydroxyl groups excluding tert-OH is 1. The van der Waals surface area contributed by atoms with Crippen molar-refractivity contribution in [1.29, 1.82) is 0 Å². The number of rotatable bonds is 5. The molecule has 6 nitrogen and oxygen atoms in total. The number of nitrogens with zero attached hydrogens (tertiary/aromatic N) is 1. The van der Waals surface area contributed by atoms with E-state index in [2.05, 4.69) is 10.3 Å². The van der Waals surface area contributed by atoms with Gasteiger partial charge in [0.1, 0.15) is 0 Å². The molecule has 0 radical (unpaired) electrons. The van der Waals surface area contributed by atoms with E-state index in [4.69, 9.17) is 0 Å². The Hall–Kier alpha value is -2.10. The predicted molar refractivity (Wildman–Crippen MR) is 102 cm³/mol. The smallest absolute Gasteiger partial charge is 0.257 e. The zero-order chi connectivity index (χ0) is 19.6. The Morgan fingerprint density at radius 1 is 1.33 bits per heavy atom. The Labute approximate surface area is 160 Å². The lowest BCUT2D eigenvalue weighted by Gasteiger charge is -2.11. The number of amides is 1. The zero-order valence-electron chi connectivity index (χ0n) is 14.6. The molecule has 1 aromatic carbocycles. The van der Waals surface area contributed by atoms with E-state index in [-0.39, 0.29) is 15.9 Å². The normalized spacial score (nSPS) is 20.6. The van der Waals surface area contributed by atoms with Crippen LogP contribution in [0.3, 0.4) is 0 Å². The van der Waals surface area contributed by atoms with Crippen LogP contribution in [0, 0.1) is 11.0 Å². The van der Waals surface area contributed by atoms with Crippen molar-refractivity contribution in [1.82, 2.24) is 4.98 Å². The molecule has 0 spiro atoms. The molecule has 27 heavy (non-hydrogen) atoms. The number of carbonyl (C=O) groups is 1. The summed E-state index contributed by atoms with van der Waals surface area (Å²) in [5, 5.41) is 11.9. The van der Waals surface area contributed by atoms with E-state index in [0.29, 0.717) is 24.0 Å². The average Bonchev–Trinajstić information content (AvgIpc) is 3.20. The maximum absolute atomic E-state index is 13.1. The van der Waals surface area contributed by atoms with Gasteiger partial charge in [-0.1, -0.05) is 29.5 Å². The van der Waals surface area contributed by atoms with Crippen molar-refractivity contribution in [2.75, 3.05) is 11.6 Å². The van der Waals surface area contributed by atoms with Gasteiger partial charge < -0.3 is 5.11 Å². The fourth-order valence-electron chi connectivity index (χ4n) is 3.04. The number of allylic oxidation sites excluding steroid dienone is 1. The highest BCUT2D eigenvalue weighted by molar-refractivity contribution is 7.90. The molecular formula is C18H19FN2O4S2. The first-order chi connectivity index (χ1) is 12.7. The van der Waals surface area contributed by atoms with Crippen molar-refractivity contribution in [3.63, 3.8) is 0 Å². The Kier molecular flexibility index (Phi) is 5.73. The summed E-state index contributed by atoms with van der Waals surface area (Å²) in [5.41, 5.74) is 0.878. The van der Waals surface area contributed by atoms with Crippen LogP contribution in [-0.2, 0) is 14.6 Å². The van der Waals surface area contributed by atoms with Gasteiger partial charge in [-0.05, 0) is 42.9 Å². The lowest BCUT2D eigenvalue weighted by atomic mass is 9.98. The molecule has 0 aliphatic heterocycles. The lowest BCUT2D eigenvalue weighted by molar-refractivity contribution is -0.111. The van der Waals surface area contributed by atoms with Crippen molar-refractivity contribution < 1.29 is 22.7 Å². The summed E-state index contributed by atoms with van der Waals surface area (Å²) in [5.74, 6) is -0.429. The van der Waals surface area contributed by atoms with Crippen molar-refractivity contribution >= 4 is 37.8 Å². The van der Waals surface area contributed by atoms with Crippen LogP contribution in [0.4, 0.5) is 9.52 Å². The molecular weight excluding hydrogens is 391 g/mol. The molecule has 1 saturated carbocycles. The number of carbonyl (C=O) groups excluding carboxylic acids is 1. The third-order valence-corrected chi connectivity index (χ3v) is 6.21. The second-order valence-corrected chi connectivity index (χ2v) is 9.52. The third kappa shape index (κ3) is 5.00. The first kappa shape index (κ1) is 19.7. The Morgan fingerprint density at radius 3 is 2.56 bits per heavy atom. The van der Waals surface area contributed by atoms with Crippen LogP contribution in [0.15, 0.2) is 41.4 Å². The first-order valence-corrected chi connectivity index (χ1v) is 11.1. The number of thiazole rings is 1. The highest BCUT2D eigenvalue weighted by Gasteiger charge is 2.24. The molecule has 2 atom stereocenters. The Bertz CT molecular complexity index is 968. The molecule has 1 aliphatic rings. The topological polar surface area (TPSA) is 96.4 Å². The minimum Gasteiger partial charge on any atom is -0.393 e. The fraction of sp³-hybridized carbons (Fsp3) is 0.333. The van der Waals surface area contributed by atoms with Gasteiger partial charge in [0, 0.05) is 11.8 Å². The minimum absolute atomic E-state index is 0.0309. The molecule has 1 aromatic heterocycles. The molecule has 144 valence electrons. The van der Waals surface area contributed by atoms with Gasteiger partial charge in [0.25, 0.3) is 5.91 Å². The quantitative estimate of drug-likeness (QED) is 0.739. The van der Waals surface area contributed by atoms with Crippen molar-refractivity contribution in [3.8, 4) is 0 Å². The molecule has 3 rings (SSSR count). The lowest BCUT2D eigenvalue weighted by Crippen LogP contribution is -2.14. The molecule has 1 fully saturated rings. The average molecular weight is 410 g/mol. The highest BCUT2D eigenvalue weighted by atomic mass is 32.2. The van der Waals surface area contributed by atoms with Crippen LogP contribution in [0.2, 0.25) is 0 Å². The Morgan fingerprint density at radius 2 is 2.04 bits per heavy atom. The summed E-state index contributed by atoms with van der Waals surface area (Å²) in [6.07, 6.45) is 5.51. The number of hydrogen-bond donors (Lipinski definition) is 2. The van der Waals surface area contributed by atoms with Crippen molar-refractivity contribution in [2.24, 2.45) is 5.92 Å². The summed E-state index contributed by atoms with van der Waals surface area (Å²) in [6, 6.07) is 6.02. The number of aromatic nitrogens is 1. The molecule has 0 saturated heterocycles. The number of halogens is 1. The molecule has 2 aromatic rings. The maximum Gasteiger partial charge on any atom is 0.257 e. The SMILES string of the molecule is CS(=O)(=O)c1ccc(/C(=C\C2CCC(O)C2)C(=O)Nc2ncc(F)s2)cc1. The summed E-state index contributed by atoms with van der Waals surface area (Å²) in [4.78, 5) is 16.7. The van der Waals surface area contributed by atoms with E-state index in [1.165, 1.54) is 12.1 Å². The first-order valence-electron chi connectivity index (χ1n) is 8.35. The van der Waals surface area contributed by atoms with Gasteiger partial charge in [-0.25, -0.2) is 13.4 Å². The van der Waals surface area contributed by atoms with Crippen LogP contribution in [0.5, 0.6) is 0 Å². The third-order valence-electron chi connectivity index (χ3n) is 4.38. The summed E-state index contributed by atoms with van der Waals surface area (Å²) >= 11 is 0.721. The molecule has 1 heterocycles. The molecule has 1 aliphatic carbocycles. The number of hydrogen-bond acceptors (Lipinski definition) is 6. The van der Waals surface area contributed by atoms with Crippen LogP contribution < -0.4 is 5.32 Å². The predicted octanol–water partition coefficient (Wildman–Crippen LogP) is 2.87. The minimum atomic E-state index is -3.34. The van der Waals surface area contributed by atoms with Gasteiger partial charge in [0.15, 0.2) is 20.1 Å². The van der Waals surface area contributed by atoms with E-state index < -0.39 is 27.0 Å². The van der Waals surface area contributed by atoms with Crippen LogP contribution in [0.1, 0.15) is 24.8 Å². The second kappa shape index (κ2) is 7.87. The number of anilines is 1. The highest BCUT2D eigenvalue weighted by Crippen LogP contribution is 2.30. The molecule has 2 N–H and O–H groups in total. The number of aliphatic hydroxyl groups is 1. The van der Waals surface area contributed by atoms with Gasteiger partial charge >= 0.3 is 0 Å². The largest absolute Gasteiger partial charge is 0.393 e. The van der Waals surface area contributed by atoms with Gasteiger partial charge in [-0.3, -0.25) is 10.1 Å². The molecule has 1 amide bonds. The standard InChI is InChI=1S/C18H19FN2O4S2/c1-27(24,25)14-6-3-12(4-7-14)15(9-11-2-5-13(22)8-11)17(23)21-18-20-10-16(19)26-18/h3-4,6-7,9-11,13,22H,2,5,8H2,1H3,(H,20,21,23)/b15-9+. The van der Waals surface area contributed by atoms with Gasteiger partial charge in [0.2, 0.25) is 0 Å². The number of benzene rings is 1. The van der Waals surface area contributed by atoms with Crippen LogP contribution in [-0.4, -0.2) is 36.8 Å². The number of sulfone groups is 1. The van der Waals surface area contributed by atoms with E-state index >= 15 is 0 Å². The summed E-state index contributed by atoms with van der Waals surface area (Å²) in [7, 11) is -3.34. The monoisotopic (exact) mass is 410 g/mol. The van der Waals surface area contributed by atoms with E-state index in [9.17, 15) is 22.7 Å². The second-order valence-electron chi connectivity index (χ2n) is 6.53. The molecule has 2 unspecified atom stereocenters. The summed E-state index contributed by atoms with van der Waals surface area (Å²) < 4.78 is 36.4. The zero-order valence-corrected chi connectivity index (χ0v) is 16.2. The van der Waals surface area contributed by atoms with Crippen molar-refractivity contribution in [2.45, 2.75) is 30.3 Å². The van der Waals surface area contributed by atoms with E-state index in [1.807, 2.05) is 0 Å². The van der Waals surface area contributed by atoms with E-state index in [1.54, 1.807) is 18.2 Å². The van der Waals surface area contributed by atoms with Gasteiger partial charge in [-0.2, -0.15) is 4.39 Å². The fourth-order valence-corrected chi connectivity index (χ4v) is 4.21.